The first-order chi connectivity index (χ1) is 15.4. The highest BCUT2D eigenvalue weighted by atomic mass is 19.4. The molecule has 10 nitrogen and oxygen atoms in total. The molecular weight excluding hydrogens is 427 g/mol. The normalized spacial score (nSPS) is 19.2. The number of aromatic nitrogens is 7. The highest BCUT2D eigenvalue weighted by Gasteiger charge is 2.36. The summed E-state index contributed by atoms with van der Waals surface area (Å²) in [6, 6.07) is 1.08. The topological polar surface area (TPSA) is 97.9 Å². The Bertz CT molecular complexity index is 1110. The molecule has 0 N–H and O–H groups in total. The summed E-state index contributed by atoms with van der Waals surface area (Å²) < 4.78 is 42.2. The molecule has 3 aromatic heterocycles. The van der Waals surface area contributed by atoms with Crippen LogP contribution in [0.1, 0.15) is 40.6 Å². The van der Waals surface area contributed by atoms with Crippen LogP contribution in [0.2, 0.25) is 0 Å². The van der Waals surface area contributed by atoms with Crippen molar-refractivity contribution < 1.29 is 18.0 Å². The zero-order valence-corrected chi connectivity index (χ0v) is 17.0. The van der Waals surface area contributed by atoms with Gasteiger partial charge >= 0.3 is 6.18 Å². The molecule has 2 aliphatic heterocycles. The third-order valence-electron chi connectivity index (χ3n) is 5.81. The Labute approximate surface area is 180 Å². The van der Waals surface area contributed by atoms with Crippen molar-refractivity contribution in [1.82, 2.24) is 39.6 Å². The van der Waals surface area contributed by atoms with Gasteiger partial charge in [0.05, 0.1) is 31.0 Å². The van der Waals surface area contributed by atoms with Gasteiger partial charge in [0.2, 0.25) is 0 Å². The molecule has 1 fully saturated rings. The summed E-state index contributed by atoms with van der Waals surface area (Å²) >= 11 is 0. The summed E-state index contributed by atoms with van der Waals surface area (Å²) in [6.07, 6.45) is 3.41. The van der Waals surface area contributed by atoms with E-state index < -0.39 is 11.9 Å². The van der Waals surface area contributed by atoms with Crippen molar-refractivity contribution in [1.29, 1.82) is 0 Å². The summed E-state index contributed by atoms with van der Waals surface area (Å²) in [5, 5.41) is 11.5. The van der Waals surface area contributed by atoms with Crippen molar-refractivity contribution in [2.75, 3.05) is 24.5 Å². The van der Waals surface area contributed by atoms with Gasteiger partial charge in [-0.05, 0) is 18.9 Å². The Morgan fingerprint density at radius 2 is 2.06 bits per heavy atom. The number of anilines is 1. The molecular formula is C19H20F3N9O. The maximum absolute atomic E-state index is 13.4. The molecule has 13 heteroatoms. The number of carbonyl (C=O) groups is 1. The first kappa shape index (κ1) is 20.4. The smallest absolute Gasteiger partial charge is 0.348 e. The maximum atomic E-state index is 13.4. The van der Waals surface area contributed by atoms with Crippen LogP contribution >= 0.6 is 0 Å². The lowest BCUT2D eigenvalue weighted by atomic mass is 10.0. The third kappa shape index (κ3) is 3.78. The van der Waals surface area contributed by atoms with Crippen LogP contribution in [0.25, 0.3) is 0 Å². The van der Waals surface area contributed by atoms with E-state index in [1.807, 2.05) is 0 Å². The van der Waals surface area contributed by atoms with Crippen molar-refractivity contribution >= 4 is 11.7 Å². The molecule has 2 aliphatic rings. The quantitative estimate of drug-likeness (QED) is 0.604. The monoisotopic (exact) mass is 447 g/mol. The van der Waals surface area contributed by atoms with Crippen molar-refractivity contribution in [3.63, 3.8) is 0 Å². The van der Waals surface area contributed by atoms with E-state index in [1.165, 1.54) is 17.2 Å². The second kappa shape index (κ2) is 7.88. The predicted octanol–water partition coefficient (Wildman–Crippen LogP) is 1.78. The Balaban J connectivity index is 1.37. The first-order valence-electron chi connectivity index (χ1n) is 10.2. The highest BCUT2D eigenvalue weighted by Crippen LogP contribution is 2.31. The van der Waals surface area contributed by atoms with E-state index in [2.05, 4.69) is 25.4 Å². The summed E-state index contributed by atoms with van der Waals surface area (Å²) in [6.45, 7) is 1.90. The van der Waals surface area contributed by atoms with Crippen molar-refractivity contribution in [2.24, 2.45) is 0 Å². The Morgan fingerprint density at radius 1 is 1.19 bits per heavy atom. The Kier molecular flexibility index (Phi) is 5.02. The number of hydrogen-bond donors (Lipinski definition) is 0. The second-order valence-corrected chi connectivity index (χ2v) is 7.85. The summed E-state index contributed by atoms with van der Waals surface area (Å²) in [7, 11) is 0. The first-order valence-corrected chi connectivity index (χ1v) is 10.2. The zero-order chi connectivity index (χ0) is 22.3. The summed E-state index contributed by atoms with van der Waals surface area (Å²) in [4.78, 5) is 25.2. The van der Waals surface area contributed by atoms with Gasteiger partial charge < -0.3 is 9.80 Å². The van der Waals surface area contributed by atoms with Gasteiger partial charge in [-0.1, -0.05) is 5.21 Å². The molecule has 1 amide bonds. The van der Waals surface area contributed by atoms with Gasteiger partial charge in [-0.25, -0.2) is 14.6 Å². The number of carbonyl (C=O) groups excluding carboxylic acids is 1. The van der Waals surface area contributed by atoms with Crippen molar-refractivity contribution in [3.05, 3.63) is 47.9 Å². The molecule has 0 spiro atoms. The molecule has 0 bridgehead atoms. The number of alkyl halides is 3. The SMILES string of the molecule is O=C(c1cncnc1N1CCn2nc(C(F)(F)F)cc2C1)N1CCCC(n2ccnn2)C1. The summed E-state index contributed by atoms with van der Waals surface area (Å²) in [5.41, 5.74) is -0.165. The molecule has 0 radical (unpaired) electrons. The number of rotatable bonds is 3. The molecule has 5 heterocycles. The van der Waals surface area contributed by atoms with Crippen LogP contribution in [-0.4, -0.2) is 65.2 Å². The average molecular weight is 447 g/mol. The van der Waals surface area contributed by atoms with E-state index in [9.17, 15) is 18.0 Å². The van der Waals surface area contributed by atoms with Crippen LogP contribution < -0.4 is 4.90 Å². The van der Waals surface area contributed by atoms with Crippen LogP contribution in [-0.2, 0) is 19.3 Å². The van der Waals surface area contributed by atoms with Gasteiger partial charge in [0.15, 0.2) is 5.69 Å². The number of fused-ring (bicyclic) bond motifs is 1. The molecule has 0 aromatic carbocycles. The number of hydrogen-bond acceptors (Lipinski definition) is 7. The lowest BCUT2D eigenvalue weighted by molar-refractivity contribution is -0.141. The highest BCUT2D eigenvalue weighted by molar-refractivity contribution is 5.98. The fourth-order valence-corrected chi connectivity index (χ4v) is 4.25. The predicted molar refractivity (Wildman–Crippen MR) is 105 cm³/mol. The molecule has 1 atom stereocenters. The number of nitrogens with zero attached hydrogens (tertiary/aromatic N) is 9. The number of halogens is 3. The lowest BCUT2D eigenvalue weighted by Crippen LogP contribution is -2.42. The van der Waals surface area contributed by atoms with Crippen molar-refractivity contribution in [3.8, 4) is 0 Å². The molecule has 168 valence electrons. The van der Waals surface area contributed by atoms with Gasteiger partial charge in [0.25, 0.3) is 5.91 Å². The van der Waals surface area contributed by atoms with Crippen LogP contribution in [0.4, 0.5) is 19.0 Å². The lowest BCUT2D eigenvalue weighted by Gasteiger charge is -2.34. The fourth-order valence-electron chi connectivity index (χ4n) is 4.25. The molecule has 32 heavy (non-hydrogen) atoms. The summed E-state index contributed by atoms with van der Waals surface area (Å²) in [5.74, 6) is 0.203. The maximum Gasteiger partial charge on any atom is 0.435 e. The average Bonchev–Trinajstić information content (AvgIpc) is 3.48. The zero-order valence-electron chi connectivity index (χ0n) is 17.0. The minimum Gasteiger partial charge on any atom is -0.348 e. The molecule has 0 aliphatic carbocycles. The van der Waals surface area contributed by atoms with Gasteiger partial charge in [-0.15, -0.1) is 5.10 Å². The van der Waals surface area contributed by atoms with Gasteiger partial charge in [-0.3, -0.25) is 9.48 Å². The van der Waals surface area contributed by atoms with Crippen LogP contribution in [0, 0.1) is 0 Å². The van der Waals surface area contributed by atoms with Crippen LogP contribution in [0.15, 0.2) is 31.0 Å². The fraction of sp³-hybridized carbons (Fsp3) is 0.474. The molecule has 1 unspecified atom stereocenters. The Morgan fingerprint density at radius 3 is 2.84 bits per heavy atom. The van der Waals surface area contributed by atoms with E-state index >= 15 is 0 Å². The number of amides is 1. The van der Waals surface area contributed by atoms with Gasteiger partial charge in [0, 0.05) is 32.0 Å². The molecule has 3 aromatic rings. The third-order valence-corrected chi connectivity index (χ3v) is 5.81. The van der Waals surface area contributed by atoms with E-state index in [1.54, 1.807) is 26.9 Å². The molecule has 5 rings (SSSR count). The van der Waals surface area contributed by atoms with Crippen LogP contribution in [0.5, 0.6) is 0 Å². The van der Waals surface area contributed by atoms with E-state index in [4.69, 9.17) is 0 Å². The minimum absolute atomic E-state index is 0.0356. The Hall–Kier alpha value is -3.51. The van der Waals surface area contributed by atoms with Gasteiger partial charge in [0.1, 0.15) is 17.7 Å². The van der Waals surface area contributed by atoms with E-state index in [0.29, 0.717) is 36.7 Å². The second-order valence-electron chi connectivity index (χ2n) is 7.85. The molecule has 0 saturated carbocycles. The van der Waals surface area contributed by atoms with E-state index in [-0.39, 0.29) is 25.0 Å². The number of piperidine rings is 1. The largest absolute Gasteiger partial charge is 0.435 e. The number of likely N-dealkylation sites (tertiary alicyclic amines) is 1. The minimum atomic E-state index is -4.50. The standard InChI is InChI=1S/C19H20F3N9O/c20-19(21,22)16-8-14-11-28(6-7-30(14)26-16)17-15(9-23-12-24-17)18(32)29-4-1-2-13(10-29)31-5-3-25-27-31/h3,5,8-9,12-13H,1-2,4,6-7,10-11H2. The van der Waals surface area contributed by atoms with Gasteiger partial charge in [-0.2, -0.15) is 18.3 Å². The van der Waals surface area contributed by atoms with Crippen LogP contribution in [0.3, 0.4) is 0 Å². The van der Waals surface area contributed by atoms with Crippen molar-refractivity contribution in [2.45, 2.75) is 38.1 Å². The van der Waals surface area contributed by atoms with E-state index in [0.717, 1.165) is 18.9 Å². The molecule has 1 saturated heterocycles.